The van der Waals surface area contributed by atoms with Crippen molar-refractivity contribution in [3.8, 4) is 11.5 Å². The Balaban J connectivity index is 2.29. The summed E-state index contributed by atoms with van der Waals surface area (Å²) in [7, 11) is 0. The van der Waals surface area contributed by atoms with E-state index in [1.54, 1.807) is 26.0 Å². The van der Waals surface area contributed by atoms with Crippen LogP contribution in [0.1, 0.15) is 19.4 Å². The van der Waals surface area contributed by atoms with Crippen molar-refractivity contribution in [3.63, 3.8) is 0 Å². The van der Waals surface area contributed by atoms with Crippen LogP contribution in [0.3, 0.4) is 0 Å². The van der Waals surface area contributed by atoms with Gasteiger partial charge in [-0.1, -0.05) is 0 Å². The Morgan fingerprint density at radius 1 is 1.21 bits per heavy atom. The molecule has 0 bridgehead atoms. The Bertz CT molecular complexity index is 870. The number of ether oxygens (including phenoxy) is 3. The van der Waals surface area contributed by atoms with Gasteiger partial charge in [0.05, 0.1) is 22.6 Å². The topological polar surface area (TPSA) is 119 Å². The summed E-state index contributed by atoms with van der Waals surface area (Å²) in [6.45, 7) is 2.83. The number of nitrogens with zero attached hydrogens (tertiary/aromatic N) is 1. The Hall–Kier alpha value is -2.53. The molecule has 0 radical (unpaired) electrons. The summed E-state index contributed by atoms with van der Waals surface area (Å²) >= 11 is 4.00. The molecule has 1 aromatic carbocycles. The van der Waals surface area contributed by atoms with Gasteiger partial charge in [-0.3, -0.25) is 19.3 Å². The standard InChI is InChI=1S/C18H18BrNO8S/c1-3-26-12-6-10(5-11(19)16(12)28-9-14(21)22)7-13-17(24)20(18(25)29-13)8-15(23)27-4-2/h5-7H,3-4,8-9H2,1-2H3,(H,21,22)/b13-7+. The zero-order valence-electron chi connectivity index (χ0n) is 15.6. The second-order valence-corrected chi connectivity index (χ2v) is 7.37. The molecule has 1 saturated heterocycles. The minimum atomic E-state index is -1.14. The number of carboxylic acids is 1. The van der Waals surface area contributed by atoms with Gasteiger partial charge < -0.3 is 19.3 Å². The monoisotopic (exact) mass is 487 g/mol. The van der Waals surface area contributed by atoms with Crippen LogP contribution in [0.15, 0.2) is 21.5 Å². The normalized spacial score (nSPS) is 15.0. The highest BCUT2D eigenvalue weighted by atomic mass is 79.9. The van der Waals surface area contributed by atoms with E-state index in [4.69, 9.17) is 19.3 Å². The molecule has 0 aliphatic carbocycles. The second kappa shape index (κ2) is 10.3. The number of halogens is 1. The Morgan fingerprint density at radius 2 is 1.93 bits per heavy atom. The van der Waals surface area contributed by atoms with Gasteiger partial charge in [-0.25, -0.2) is 4.79 Å². The maximum absolute atomic E-state index is 12.5. The van der Waals surface area contributed by atoms with Gasteiger partial charge in [0, 0.05) is 0 Å². The molecule has 0 spiro atoms. The van der Waals surface area contributed by atoms with Crippen molar-refractivity contribution in [3.05, 3.63) is 27.1 Å². The largest absolute Gasteiger partial charge is 0.490 e. The zero-order valence-corrected chi connectivity index (χ0v) is 18.0. The summed E-state index contributed by atoms with van der Waals surface area (Å²) < 4.78 is 15.9. The van der Waals surface area contributed by atoms with Crippen LogP contribution in [-0.2, 0) is 19.1 Å². The SMILES string of the molecule is CCOC(=O)CN1C(=O)S/C(=C/c2cc(Br)c(OCC(=O)O)c(OCC)c2)C1=O. The Labute approximate surface area is 179 Å². The predicted molar refractivity (Wildman–Crippen MR) is 108 cm³/mol. The molecule has 1 N–H and O–H groups in total. The van der Waals surface area contributed by atoms with Gasteiger partial charge >= 0.3 is 11.9 Å². The fraction of sp³-hybridized carbons (Fsp3) is 0.333. The lowest BCUT2D eigenvalue weighted by Crippen LogP contribution is -2.34. The number of amides is 2. The quantitative estimate of drug-likeness (QED) is 0.413. The van der Waals surface area contributed by atoms with E-state index in [9.17, 15) is 19.2 Å². The molecular weight excluding hydrogens is 470 g/mol. The van der Waals surface area contributed by atoms with Crippen molar-refractivity contribution in [2.24, 2.45) is 0 Å². The highest BCUT2D eigenvalue weighted by molar-refractivity contribution is 9.10. The van der Waals surface area contributed by atoms with Gasteiger partial charge in [0.1, 0.15) is 6.54 Å². The number of benzene rings is 1. The summed E-state index contributed by atoms with van der Waals surface area (Å²) in [5.41, 5.74) is 0.518. The first-order valence-corrected chi connectivity index (χ1v) is 10.1. The molecular formula is C18H18BrNO8S. The third-order valence-corrected chi connectivity index (χ3v) is 4.93. The summed E-state index contributed by atoms with van der Waals surface area (Å²) in [5.74, 6) is -1.92. The maximum Gasteiger partial charge on any atom is 0.341 e. The van der Waals surface area contributed by atoms with Gasteiger partial charge in [-0.05, 0) is 65.3 Å². The molecule has 2 rings (SSSR count). The lowest BCUT2D eigenvalue weighted by atomic mass is 10.2. The highest BCUT2D eigenvalue weighted by Crippen LogP contribution is 2.39. The summed E-state index contributed by atoms with van der Waals surface area (Å²) in [5, 5.41) is 8.24. The van der Waals surface area contributed by atoms with Crippen molar-refractivity contribution in [1.82, 2.24) is 4.90 Å². The van der Waals surface area contributed by atoms with Crippen LogP contribution in [0.25, 0.3) is 6.08 Å². The number of aliphatic carboxylic acids is 1. The number of carboxylic acid groups (broad SMARTS) is 1. The van der Waals surface area contributed by atoms with Gasteiger partial charge in [0.25, 0.3) is 11.1 Å². The van der Waals surface area contributed by atoms with Crippen LogP contribution in [0.5, 0.6) is 11.5 Å². The van der Waals surface area contributed by atoms with Crippen molar-refractivity contribution in [2.75, 3.05) is 26.4 Å². The van der Waals surface area contributed by atoms with Crippen LogP contribution in [0.2, 0.25) is 0 Å². The molecule has 1 aliphatic rings. The van der Waals surface area contributed by atoms with Crippen molar-refractivity contribution in [1.29, 1.82) is 0 Å². The van der Waals surface area contributed by atoms with Crippen LogP contribution in [0, 0.1) is 0 Å². The van der Waals surface area contributed by atoms with E-state index in [-0.39, 0.29) is 23.0 Å². The predicted octanol–water partition coefficient (Wildman–Crippen LogP) is 2.91. The molecule has 1 heterocycles. The minimum absolute atomic E-state index is 0.132. The molecule has 0 saturated carbocycles. The first-order chi connectivity index (χ1) is 13.8. The smallest absolute Gasteiger partial charge is 0.341 e. The molecule has 0 unspecified atom stereocenters. The Morgan fingerprint density at radius 3 is 2.55 bits per heavy atom. The molecule has 1 fully saturated rings. The Kier molecular flexibility index (Phi) is 8.09. The minimum Gasteiger partial charge on any atom is -0.490 e. The molecule has 2 amide bonds. The van der Waals surface area contributed by atoms with Crippen molar-refractivity contribution in [2.45, 2.75) is 13.8 Å². The first kappa shape index (κ1) is 22.8. The fourth-order valence-corrected chi connectivity index (χ4v) is 3.74. The van der Waals surface area contributed by atoms with E-state index in [2.05, 4.69) is 15.9 Å². The third kappa shape index (κ3) is 5.97. The van der Waals surface area contributed by atoms with Gasteiger partial charge in [-0.15, -0.1) is 0 Å². The number of hydrogen-bond donors (Lipinski definition) is 1. The van der Waals surface area contributed by atoms with E-state index in [1.807, 2.05) is 0 Å². The van der Waals surface area contributed by atoms with E-state index < -0.39 is 36.2 Å². The number of imide groups is 1. The highest BCUT2D eigenvalue weighted by Gasteiger charge is 2.36. The molecule has 1 aromatic rings. The third-order valence-electron chi connectivity index (χ3n) is 3.44. The van der Waals surface area contributed by atoms with Crippen LogP contribution >= 0.6 is 27.7 Å². The second-order valence-electron chi connectivity index (χ2n) is 5.52. The number of thioether (sulfide) groups is 1. The number of esters is 1. The first-order valence-electron chi connectivity index (χ1n) is 8.48. The molecule has 11 heteroatoms. The average Bonchev–Trinajstić information content (AvgIpc) is 2.88. The zero-order chi connectivity index (χ0) is 21.6. The van der Waals surface area contributed by atoms with Crippen molar-refractivity contribution < 1.29 is 38.5 Å². The average molecular weight is 488 g/mol. The van der Waals surface area contributed by atoms with Gasteiger partial charge in [0.2, 0.25) is 0 Å². The van der Waals surface area contributed by atoms with E-state index in [0.717, 1.165) is 4.90 Å². The van der Waals surface area contributed by atoms with Gasteiger partial charge in [-0.2, -0.15) is 0 Å². The van der Waals surface area contributed by atoms with E-state index in [1.165, 1.54) is 6.08 Å². The maximum atomic E-state index is 12.5. The summed E-state index contributed by atoms with van der Waals surface area (Å²) in [6.07, 6.45) is 1.48. The van der Waals surface area contributed by atoms with Gasteiger partial charge in [0.15, 0.2) is 18.1 Å². The van der Waals surface area contributed by atoms with Crippen molar-refractivity contribution >= 4 is 56.9 Å². The van der Waals surface area contributed by atoms with Crippen LogP contribution in [0.4, 0.5) is 4.79 Å². The number of carbonyl (C=O) groups is 4. The number of carbonyl (C=O) groups excluding carboxylic acids is 3. The molecule has 1 aliphatic heterocycles. The van der Waals surface area contributed by atoms with E-state index >= 15 is 0 Å². The fourth-order valence-electron chi connectivity index (χ4n) is 2.33. The summed E-state index contributed by atoms with van der Waals surface area (Å²) in [4.78, 5) is 47.9. The number of rotatable bonds is 9. The molecule has 156 valence electrons. The van der Waals surface area contributed by atoms with Crippen LogP contribution < -0.4 is 9.47 Å². The molecule has 0 aromatic heterocycles. The lowest BCUT2D eigenvalue weighted by molar-refractivity contribution is -0.146. The van der Waals surface area contributed by atoms with Crippen LogP contribution in [-0.4, -0.2) is 59.5 Å². The molecule has 0 atom stereocenters. The lowest BCUT2D eigenvalue weighted by Gasteiger charge is -2.13. The van der Waals surface area contributed by atoms with E-state index in [0.29, 0.717) is 28.4 Å². The molecule has 9 nitrogen and oxygen atoms in total. The molecule has 29 heavy (non-hydrogen) atoms. The number of hydrogen-bond acceptors (Lipinski definition) is 8. The summed E-state index contributed by atoms with van der Waals surface area (Å²) in [6, 6.07) is 3.16.